The van der Waals surface area contributed by atoms with Crippen molar-refractivity contribution in [1.82, 2.24) is 5.32 Å². The molecular formula is C20H20Cl2N2O3S. The van der Waals surface area contributed by atoms with Crippen LogP contribution in [0.4, 0.5) is 5.69 Å². The van der Waals surface area contributed by atoms with Crippen molar-refractivity contribution >= 4 is 58.1 Å². The molecule has 0 aliphatic heterocycles. The van der Waals surface area contributed by atoms with Crippen LogP contribution >= 0.6 is 35.4 Å². The summed E-state index contributed by atoms with van der Waals surface area (Å²) in [6, 6.07) is 11.9. The van der Waals surface area contributed by atoms with Crippen LogP contribution in [0.25, 0.3) is 0 Å². The number of nitrogens with one attached hydrogen (secondary N) is 1. The molecule has 0 aliphatic carbocycles. The number of esters is 1. The molecular weight excluding hydrogens is 419 g/mol. The minimum absolute atomic E-state index is 0.194. The van der Waals surface area contributed by atoms with Crippen LogP contribution in [-0.4, -0.2) is 23.6 Å². The molecule has 0 heterocycles. The monoisotopic (exact) mass is 438 g/mol. The number of rotatable bonds is 6. The number of halogens is 2. The van der Waals surface area contributed by atoms with Gasteiger partial charge in [0.15, 0.2) is 5.11 Å². The van der Waals surface area contributed by atoms with Gasteiger partial charge in [-0.3, -0.25) is 4.79 Å². The highest BCUT2D eigenvalue weighted by Crippen LogP contribution is 2.25. The van der Waals surface area contributed by atoms with Crippen LogP contribution < -0.4 is 10.2 Å². The van der Waals surface area contributed by atoms with Crippen molar-refractivity contribution in [2.24, 2.45) is 0 Å². The van der Waals surface area contributed by atoms with Crippen LogP contribution in [0.5, 0.6) is 0 Å². The lowest BCUT2D eigenvalue weighted by Gasteiger charge is -2.26. The van der Waals surface area contributed by atoms with Crippen molar-refractivity contribution in [3.63, 3.8) is 0 Å². The molecule has 5 nitrogen and oxygen atoms in total. The third-order valence-corrected chi connectivity index (χ3v) is 4.76. The van der Waals surface area contributed by atoms with E-state index in [1.54, 1.807) is 61.2 Å². The molecule has 0 fully saturated rings. The van der Waals surface area contributed by atoms with E-state index in [9.17, 15) is 9.59 Å². The fourth-order valence-corrected chi connectivity index (χ4v) is 3.12. The van der Waals surface area contributed by atoms with Gasteiger partial charge in [0.05, 0.1) is 18.7 Å². The highest BCUT2D eigenvalue weighted by molar-refractivity contribution is 7.80. The summed E-state index contributed by atoms with van der Waals surface area (Å²) < 4.78 is 5.00. The lowest BCUT2D eigenvalue weighted by molar-refractivity contribution is -0.119. The summed E-state index contributed by atoms with van der Waals surface area (Å²) >= 11 is 17.7. The van der Waals surface area contributed by atoms with E-state index in [-0.39, 0.29) is 11.0 Å². The number of benzene rings is 2. The Morgan fingerprint density at radius 3 is 2.36 bits per heavy atom. The fourth-order valence-electron chi connectivity index (χ4n) is 2.37. The third-order valence-electron chi connectivity index (χ3n) is 3.85. The molecule has 0 radical (unpaired) electrons. The molecule has 1 amide bonds. The molecule has 2 aromatic rings. The Hall–Kier alpha value is -2.15. The van der Waals surface area contributed by atoms with Crippen molar-refractivity contribution in [3.8, 4) is 0 Å². The molecule has 2 aromatic carbocycles. The largest absolute Gasteiger partial charge is 0.462 e. The fraction of sp³-hybridized carbons (Fsp3) is 0.250. The molecule has 0 atom stereocenters. The Bertz CT molecular complexity index is 872. The van der Waals surface area contributed by atoms with E-state index in [1.165, 1.54) is 0 Å². The molecule has 28 heavy (non-hydrogen) atoms. The quantitative estimate of drug-likeness (QED) is 0.508. The molecule has 0 spiro atoms. The van der Waals surface area contributed by atoms with E-state index in [2.05, 4.69) is 5.32 Å². The first-order valence-electron chi connectivity index (χ1n) is 8.68. The van der Waals surface area contributed by atoms with Crippen LogP contribution in [0.3, 0.4) is 0 Å². The van der Waals surface area contributed by atoms with Crippen molar-refractivity contribution < 1.29 is 14.3 Å². The number of anilines is 1. The van der Waals surface area contributed by atoms with Crippen molar-refractivity contribution in [1.29, 1.82) is 0 Å². The zero-order valence-electron chi connectivity index (χ0n) is 15.5. The van der Waals surface area contributed by atoms with Gasteiger partial charge in [-0.1, -0.05) is 36.2 Å². The van der Waals surface area contributed by atoms with E-state index in [4.69, 9.17) is 40.2 Å². The van der Waals surface area contributed by atoms with E-state index in [0.717, 1.165) is 5.56 Å². The van der Waals surface area contributed by atoms with Gasteiger partial charge in [-0.15, -0.1) is 0 Å². The number of amides is 1. The first-order chi connectivity index (χ1) is 13.3. The lowest BCUT2D eigenvalue weighted by Crippen LogP contribution is -2.42. The number of thiocarbonyl (C=S) groups is 1. The second-order valence-electron chi connectivity index (χ2n) is 5.80. The second-order valence-corrected chi connectivity index (χ2v) is 7.03. The van der Waals surface area contributed by atoms with Crippen LogP contribution in [-0.2, 0) is 16.1 Å². The van der Waals surface area contributed by atoms with Crippen LogP contribution in [0.2, 0.25) is 10.0 Å². The molecule has 0 saturated heterocycles. The second kappa shape index (κ2) is 10.4. The van der Waals surface area contributed by atoms with E-state index in [1.807, 2.05) is 0 Å². The standard InChI is InChI=1S/C20H20Cl2N2O3S/c1-3-18(25)23-20(28)24(12-14-5-8-15(21)11-17(14)22)16-9-6-13(7-10-16)19(26)27-4-2/h5-11H,3-4,12H2,1-2H3,(H,23,25,28). The summed E-state index contributed by atoms with van der Waals surface area (Å²) in [5, 5.41) is 3.95. The minimum Gasteiger partial charge on any atom is -0.462 e. The Kier molecular flexibility index (Phi) is 8.23. The zero-order chi connectivity index (χ0) is 20.7. The van der Waals surface area contributed by atoms with Gasteiger partial charge >= 0.3 is 5.97 Å². The number of nitrogens with zero attached hydrogens (tertiary/aromatic N) is 1. The number of hydrogen-bond donors (Lipinski definition) is 1. The molecule has 8 heteroatoms. The van der Waals surface area contributed by atoms with Crippen LogP contribution in [0.15, 0.2) is 42.5 Å². The van der Waals surface area contributed by atoms with Gasteiger partial charge in [-0.25, -0.2) is 4.79 Å². The summed E-state index contributed by atoms with van der Waals surface area (Å²) in [5.74, 6) is -0.594. The third kappa shape index (κ3) is 5.92. The maximum atomic E-state index is 11.9. The topological polar surface area (TPSA) is 58.6 Å². The van der Waals surface area contributed by atoms with Gasteiger partial charge in [-0.2, -0.15) is 0 Å². The number of hydrogen-bond acceptors (Lipinski definition) is 4. The highest BCUT2D eigenvalue weighted by Gasteiger charge is 2.17. The predicted molar refractivity (Wildman–Crippen MR) is 116 cm³/mol. The first-order valence-corrected chi connectivity index (χ1v) is 9.84. The van der Waals surface area contributed by atoms with Gasteiger partial charge in [0.2, 0.25) is 5.91 Å². The van der Waals surface area contributed by atoms with Crippen molar-refractivity contribution in [2.45, 2.75) is 26.8 Å². The maximum absolute atomic E-state index is 11.9. The average Bonchev–Trinajstić information content (AvgIpc) is 2.67. The summed E-state index contributed by atoms with van der Waals surface area (Å²) in [6.45, 7) is 4.11. The van der Waals surface area contributed by atoms with E-state index < -0.39 is 5.97 Å². The normalized spacial score (nSPS) is 10.3. The molecule has 1 N–H and O–H groups in total. The smallest absolute Gasteiger partial charge is 0.338 e. The summed E-state index contributed by atoms with van der Waals surface area (Å²) in [6.07, 6.45) is 0.303. The van der Waals surface area contributed by atoms with Crippen molar-refractivity contribution in [3.05, 3.63) is 63.6 Å². The summed E-state index contributed by atoms with van der Waals surface area (Å²) in [5.41, 5.74) is 1.91. The zero-order valence-corrected chi connectivity index (χ0v) is 17.8. The van der Waals surface area contributed by atoms with Gasteiger partial charge in [0.25, 0.3) is 0 Å². The molecule has 0 unspecified atom stereocenters. The molecule has 2 rings (SSSR count). The number of carbonyl (C=O) groups is 2. The maximum Gasteiger partial charge on any atom is 0.338 e. The molecule has 0 aliphatic rings. The van der Waals surface area contributed by atoms with Gasteiger partial charge < -0.3 is 15.0 Å². The summed E-state index contributed by atoms with van der Waals surface area (Å²) in [7, 11) is 0. The minimum atomic E-state index is -0.400. The molecule has 148 valence electrons. The Morgan fingerprint density at radius 2 is 1.79 bits per heavy atom. The van der Waals surface area contributed by atoms with Gasteiger partial charge in [0, 0.05) is 22.2 Å². The van der Waals surface area contributed by atoms with E-state index in [0.29, 0.717) is 40.9 Å². The van der Waals surface area contributed by atoms with E-state index >= 15 is 0 Å². The van der Waals surface area contributed by atoms with Gasteiger partial charge in [-0.05, 0) is 61.1 Å². The molecule has 0 aromatic heterocycles. The predicted octanol–water partition coefficient (Wildman–Crippen LogP) is 4.99. The van der Waals surface area contributed by atoms with Gasteiger partial charge in [0.1, 0.15) is 0 Å². The highest BCUT2D eigenvalue weighted by atomic mass is 35.5. The first kappa shape index (κ1) is 22.1. The van der Waals surface area contributed by atoms with Crippen LogP contribution in [0, 0.1) is 0 Å². The number of carbonyl (C=O) groups excluding carboxylic acids is 2. The van der Waals surface area contributed by atoms with Crippen LogP contribution in [0.1, 0.15) is 36.2 Å². The van der Waals surface area contributed by atoms with Crippen molar-refractivity contribution in [2.75, 3.05) is 11.5 Å². The Morgan fingerprint density at radius 1 is 1.11 bits per heavy atom. The lowest BCUT2D eigenvalue weighted by atomic mass is 10.1. The summed E-state index contributed by atoms with van der Waals surface area (Å²) in [4.78, 5) is 25.4. The molecule has 0 bridgehead atoms. The number of ether oxygens (including phenoxy) is 1. The Labute approximate surface area is 179 Å². The molecule has 0 saturated carbocycles. The Balaban J connectivity index is 2.33. The SMILES string of the molecule is CCOC(=O)c1ccc(N(Cc2ccc(Cl)cc2Cl)C(=S)NC(=O)CC)cc1. The average molecular weight is 439 g/mol.